The molecule has 0 bridgehead atoms. The van der Waals surface area contributed by atoms with E-state index < -0.39 is 17.6 Å². The largest absolute Gasteiger partial charge is 0.573 e. The molecule has 0 saturated heterocycles. The van der Waals surface area contributed by atoms with Crippen molar-refractivity contribution in [2.45, 2.75) is 44.5 Å². The second-order valence-electron chi connectivity index (χ2n) is 9.49. The zero-order valence-corrected chi connectivity index (χ0v) is 20.7. The summed E-state index contributed by atoms with van der Waals surface area (Å²) in [5.74, 6) is 0.141. The van der Waals surface area contributed by atoms with Gasteiger partial charge in [-0.15, -0.1) is 13.2 Å². The number of hydrogen-bond acceptors (Lipinski definition) is 5. The number of benzene rings is 3. The highest BCUT2D eigenvalue weighted by atomic mass is 19.4. The molecule has 3 aromatic carbocycles. The Kier molecular flexibility index (Phi) is 7.05. The number of ether oxygens (including phenoxy) is 3. The summed E-state index contributed by atoms with van der Waals surface area (Å²) < 4.78 is 54.3. The summed E-state index contributed by atoms with van der Waals surface area (Å²) in [4.78, 5) is 2.00. The van der Waals surface area contributed by atoms with Crippen molar-refractivity contribution in [3.8, 4) is 11.5 Å². The smallest absolute Gasteiger partial charge is 0.496 e. The maximum atomic E-state index is 12.9. The SMILES string of the molecule is COc1ccc(C(C)(C)OC)cc1C1(O)CN(Cc2ccccc2)Cc2cc(OC(F)(F)F)ccc21. The van der Waals surface area contributed by atoms with E-state index in [0.29, 0.717) is 35.5 Å². The van der Waals surface area contributed by atoms with Crippen molar-refractivity contribution in [2.75, 3.05) is 20.8 Å². The number of alkyl halides is 3. The summed E-state index contributed by atoms with van der Waals surface area (Å²) in [6.45, 7) is 4.88. The average Bonchev–Trinajstić information content (AvgIpc) is 2.83. The number of fused-ring (bicyclic) bond motifs is 1. The molecular formula is C28H30F3NO4. The molecule has 0 spiro atoms. The molecule has 4 rings (SSSR count). The van der Waals surface area contributed by atoms with E-state index in [9.17, 15) is 18.3 Å². The minimum atomic E-state index is -4.81. The van der Waals surface area contributed by atoms with Crippen molar-refractivity contribution in [1.82, 2.24) is 4.90 Å². The quantitative estimate of drug-likeness (QED) is 0.448. The number of β-amino-alcohol motifs (C(OH)–C–C–N with tert-alkyl or cyclic N) is 1. The van der Waals surface area contributed by atoms with Crippen LogP contribution >= 0.6 is 0 Å². The lowest BCUT2D eigenvalue weighted by molar-refractivity contribution is -0.274. The van der Waals surface area contributed by atoms with Gasteiger partial charge >= 0.3 is 6.36 Å². The van der Waals surface area contributed by atoms with Crippen LogP contribution in [0.2, 0.25) is 0 Å². The Morgan fingerprint density at radius 1 is 0.944 bits per heavy atom. The minimum absolute atomic E-state index is 0.210. The number of hydrogen-bond donors (Lipinski definition) is 1. The van der Waals surface area contributed by atoms with Gasteiger partial charge in [-0.25, -0.2) is 0 Å². The van der Waals surface area contributed by atoms with Crippen LogP contribution in [0.1, 0.15) is 41.7 Å². The molecule has 1 atom stereocenters. The zero-order chi connectivity index (χ0) is 26.1. The van der Waals surface area contributed by atoms with Gasteiger partial charge in [0.25, 0.3) is 0 Å². The molecule has 0 aliphatic carbocycles. The molecule has 5 nitrogen and oxygen atoms in total. The molecule has 1 aliphatic rings. The molecule has 0 aromatic heterocycles. The molecular weight excluding hydrogens is 471 g/mol. The van der Waals surface area contributed by atoms with Crippen molar-refractivity contribution in [3.05, 3.63) is 94.5 Å². The molecule has 0 saturated carbocycles. The predicted molar refractivity (Wildman–Crippen MR) is 130 cm³/mol. The fourth-order valence-corrected chi connectivity index (χ4v) is 4.71. The maximum absolute atomic E-state index is 12.9. The van der Waals surface area contributed by atoms with Crippen molar-refractivity contribution >= 4 is 0 Å². The van der Waals surface area contributed by atoms with E-state index >= 15 is 0 Å². The summed E-state index contributed by atoms with van der Waals surface area (Å²) in [5.41, 5.74) is 1.20. The normalized spacial score (nSPS) is 18.6. The predicted octanol–water partition coefficient (Wildman–Crippen LogP) is 5.73. The lowest BCUT2D eigenvalue weighted by atomic mass is 9.78. The van der Waals surface area contributed by atoms with Crippen LogP contribution in [0.4, 0.5) is 13.2 Å². The molecule has 1 N–H and O–H groups in total. The first-order valence-electron chi connectivity index (χ1n) is 11.6. The number of aliphatic hydroxyl groups is 1. The van der Waals surface area contributed by atoms with E-state index in [-0.39, 0.29) is 12.3 Å². The Labute approximate surface area is 209 Å². The second-order valence-corrected chi connectivity index (χ2v) is 9.49. The summed E-state index contributed by atoms with van der Waals surface area (Å²) in [7, 11) is 3.13. The molecule has 0 fully saturated rings. The van der Waals surface area contributed by atoms with Crippen molar-refractivity contribution in [3.63, 3.8) is 0 Å². The molecule has 1 aliphatic heterocycles. The van der Waals surface area contributed by atoms with Crippen molar-refractivity contribution in [1.29, 1.82) is 0 Å². The van der Waals surface area contributed by atoms with Crippen molar-refractivity contribution in [2.24, 2.45) is 0 Å². The molecule has 192 valence electrons. The zero-order valence-electron chi connectivity index (χ0n) is 20.7. The lowest BCUT2D eigenvalue weighted by Gasteiger charge is -2.42. The van der Waals surface area contributed by atoms with Crippen LogP contribution in [0.15, 0.2) is 66.7 Å². The molecule has 0 amide bonds. The summed E-state index contributed by atoms with van der Waals surface area (Å²) in [6, 6.07) is 19.3. The summed E-state index contributed by atoms with van der Waals surface area (Å²) in [6.07, 6.45) is -4.81. The maximum Gasteiger partial charge on any atom is 0.573 e. The van der Waals surface area contributed by atoms with Gasteiger partial charge in [0.1, 0.15) is 17.1 Å². The third-order valence-corrected chi connectivity index (χ3v) is 6.70. The first-order chi connectivity index (χ1) is 16.9. The molecule has 36 heavy (non-hydrogen) atoms. The Bertz CT molecular complexity index is 1210. The Morgan fingerprint density at radius 3 is 2.31 bits per heavy atom. The number of rotatable bonds is 7. The number of nitrogens with zero attached hydrogens (tertiary/aromatic N) is 1. The fourth-order valence-electron chi connectivity index (χ4n) is 4.71. The van der Waals surface area contributed by atoms with Crippen LogP contribution in [0.3, 0.4) is 0 Å². The minimum Gasteiger partial charge on any atom is -0.496 e. The van der Waals surface area contributed by atoms with Gasteiger partial charge in [0.2, 0.25) is 0 Å². The molecule has 0 radical (unpaired) electrons. The van der Waals surface area contributed by atoms with E-state index in [0.717, 1.165) is 11.1 Å². The number of methoxy groups -OCH3 is 2. The van der Waals surface area contributed by atoms with E-state index in [1.54, 1.807) is 13.2 Å². The highest BCUT2D eigenvalue weighted by Gasteiger charge is 2.43. The molecule has 1 unspecified atom stereocenters. The monoisotopic (exact) mass is 501 g/mol. The van der Waals surface area contributed by atoms with Crippen molar-refractivity contribution < 1.29 is 32.5 Å². The van der Waals surface area contributed by atoms with Crippen LogP contribution in [-0.4, -0.2) is 37.1 Å². The van der Waals surface area contributed by atoms with Gasteiger partial charge in [0.15, 0.2) is 0 Å². The van der Waals surface area contributed by atoms with E-state index in [1.807, 2.05) is 61.2 Å². The van der Waals surface area contributed by atoms with E-state index in [1.165, 1.54) is 25.3 Å². The van der Waals surface area contributed by atoms with E-state index in [4.69, 9.17) is 9.47 Å². The summed E-state index contributed by atoms with van der Waals surface area (Å²) >= 11 is 0. The van der Waals surface area contributed by atoms with Gasteiger partial charge < -0.3 is 19.3 Å². The summed E-state index contributed by atoms with van der Waals surface area (Å²) in [5, 5.41) is 12.3. The second kappa shape index (κ2) is 9.76. The van der Waals surface area contributed by atoms with Gasteiger partial charge in [-0.1, -0.05) is 42.5 Å². The Hall–Kier alpha value is -3.07. The first kappa shape index (κ1) is 26.0. The van der Waals surface area contributed by atoms with Crippen LogP contribution in [0.5, 0.6) is 11.5 Å². The highest BCUT2D eigenvalue weighted by Crippen LogP contribution is 2.44. The lowest BCUT2D eigenvalue weighted by Crippen LogP contribution is -2.46. The standard InChI is InChI=1S/C28H30F3NO4/c1-26(2,35-4)21-10-13-25(34-3)24(15-21)27(33)18-32(16-19-8-6-5-7-9-19)17-20-14-22(11-12-23(20)27)36-28(29,30)31/h5-15,33H,16-18H2,1-4H3. The van der Waals surface area contributed by atoms with Gasteiger partial charge in [-0.3, -0.25) is 4.90 Å². The molecule has 3 aromatic rings. The first-order valence-corrected chi connectivity index (χ1v) is 11.6. The van der Waals surface area contributed by atoms with Gasteiger partial charge in [0, 0.05) is 32.3 Å². The Balaban J connectivity index is 1.85. The van der Waals surface area contributed by atoms with E-state index in [2.05, 4.69) is 4.74 Å². The highest BCUT2D eigenvalue weighted by molar-refractivity contribution is 5.52. The third kappa shape index (κ3) is 5.36. The Morgan fingerprint density at radius 2 is 1.67 bits per heavy atom. The fraction of sp³-hybridized carbons (Fsp3) is 0.357. The molecule has 8 heteroatoms. The number of halogens is 3. The van der Waals surface area contributed by atoms with Crippen LogP contribution < -0.4 is 9.47 Å². The van der Waals surface area contributed by atoms with Gasteiger partial charge in [-0.05, 0) is 60.4 Å². The van der Waals surface area contributed by atoms with Crippen LogP contribution in [0, 0.1) is 0 Å². The topological polar surface area (TPSA) is 51.2 Å². The average molecular weight is 502 g/mol. The molecule has 1 heterocycles. The van der Waals surface area contributed by atoms with Gasteiger partial charge in [-0.2, -0.15) is 0 Å². The van der Waals surface area contributed by atoms with Gasteiger partial charge in [0.05, 0.1) is 12.7 Å². The third-order valence-electron chi connectivity index (χ3n) is 6.70. The van der Waals surface area contributed by atoms with Crippen LogP contribution in [0.25, 0.3) is 0 Å². The van der Waals surface area contributed by atoms with Crippen LogP contribution in [-0.2, 0) is 29.0 Å².